The Balaban J connectivity index is 1.81. The fraction of sp³-hybridized carbons (Fsp3) is 0.273. The van der Waals surface area contributed by atoms with Crippen LogP contribution in [0.15, 0.2) is 54.7 Å². The molecule has 1 aliphatic rings. The summed E-state index contributed by atoms with van der Waals surface area (Å²) in [6, 6.07) is 14.5. The Labute approximate surface area is 161 Å². The van der Waals surface area contributed by atoms with Crippen LogP contribution in [0.1, 0.15) is 23.5 Å². The van der Waals surface area contributed by atoms with E-state index in [2.05, 4.69) is 0 Å². The SMILES string of the molecule is COC(=O)C1(C(=O)OC)CC1c1cn(Cc2ccccc2)c2ccc(F)cc12. The van der Waals surface area contributed by atoms with Crippen LogP contribution in [0.2, 0.25) is 0 Å². The molecule has 1 fully saturated rings. The highest BCUT2D eigenvalue weighted by Gasteiger charge is 2.69. The number of carbonyl (C=O) groups is 2. The van der Waals surface area contributed by atoms with Crippen molar-refractivity contribution in [3.63, 3.8) is 0 Å². The highest BCUT2D eigenvalue weighted by molar-refractivity contribution is 6.06. The quantitative estimate of drug-likeness (QED) is 0.500. The van der Waals surface area contributed by atoms with Crippen LogP contribution >= 0.6 is 0 Å². The van der Waals surface area contributed by atoms with E-state index in [9.17, 15) is 14.0 Å². The molecule has 1 aromatic heterocycles. The molecule has 0 radical (unpaired) electrons. The maximum atomic E-state index is 14.0. The molecule has 1 unspecified atom stereocenters. The molecule has 1 aliphatic carbocycles. The van der Waals surface area contributed by atoms with Gasteiger partial charge in [0, 0.05) is 29.6 Å². The number of hydrogen-bond donors (Lipinski definition) is 0. The molecular weight excluding hydrogens is 361 g/mol. The summed E-state index contributed by atoms with van der Waals surface area (Å²) in [6.07, 6.45) is 2.18. The molecule has 28 heavy (non-hydrogen) atoms. The maximum absolute atomic E-state index is 14.0. The first-order valence-corrected chi connectivity index (χ1v) is 9.00. The van der Waals surface area contributed by atoms with E-state index in [1.807, 2.05) is 41.1 Å². The predicted molar refractivity (Wildman–Crippen MR) is 101 cm³/mol. The Bertz CT molecular complexity index is 1040. The summed E-state index contributed by atoms with van der Waals surface area (Å²) in [5.41, 5.74) is 1.33. The van der Waals surface area contributed by atoms with E-state index >= 15 is 0 Å². The highest BCUT2D eigenvalue weighted by Crippen LogP contribution is 2.62. The summed E-state index contributed by atoms with van der Waals surface area (Å²) in [4.78, 5) is 24.8. The third-order valence-corrected chi connectivity index (χ3v) is 5.51. The number of ether oxygens (including phenoxy) is 2. The number of halogens is 1. The lowest BCUT2D eigenvalue weighted by Gasteiger charge is -2.12. The Morgan fingerprint density at radius 3 is 2.43 bits per heavy atom. The summed E-state index contributed by atoms with van der Waals surface area (Å²) < 4.78 is 25.7. The third kappa shape index (κ3) is 2.76. The van der Waals surface area contributed by atoms with E-state index in [1.165, 1.54) is 26.4 Å². The number of esters is 2. The third-order valence-electron chi connectivity index (χ3n) is 5.51. The van der Waals surface area contributed by atoms with Crippen molar-refractivity contribution < 1.29 is 23.5 Å². The van der Waals surface area contributed by atoms with Crippen LogP contribution in [-0.2, 0) is 25.6 Å². The number of fused-ring (bicyclic) bond motifs is 1. The van der Waals surface area contributed by atoms with Crippen LogP contribution in [0.4, 0.5) is 4.39 Å². The van der Waals surface area contributed by atoms with E-state index in [0.717, 1.165) is 16.6 Å². The molecule has 1 heterocycles. The van der Waals surface area contributed by atoms with Gasteiger partial charge >= 0.3 is 11.9 Å². The van der Waals surface area contributed by atoms with Gasteiger partial charge in [0.2, 0.25) is 0 Å². The van der Waals surface area contributed by atoms with E-state index < -0.39 is 23.3 Å². The van der Waals surface area contributed by atoms with Crippen molar-refractivity contribution in [1.82, 2.24) is 4.57 Å². The Morgan fingerprint density at radius 1 is 1.11 bits per heavy atom. The van der Waals surface area contributed by atoms with Crippen LogP contribution in [0.3, 0.4) is 0 Å². The molecule has 0 bridgehead atoms. The van der Waals surface area contributed by atoms with Gasteiger partial charge in [0.15, 0.2) is 5.41 Å². The second-order valence-corrected chi connectivity index (χ2v) is 7.07. The van der Waals surface area contributed by atoms with Crippen molar-refractivity contribution in [2.45, 2.75) is 18.9 Å². The lowest BCUT2D eigenvalue weighted by atomic mass is 9.98. The van der Waals surface area contributed by atoms with Crippen molar-refractivity contribution in [2.75, 3.05) is 14.2 Å². The molecule has 2 aromatic carbocycles. The Morgan fingerprint density at radius 2 is 1.79 bits per heavy atom. The van der Waals surface area contributed by atoms with Crippen LogP contribution in [0, 0.1) is 11.2 Å². The van der Waals surface area contributed by atoms with E-state index in [4.69, 9.17) is 9.47 Å². The van der Waals surface area contributed by atoms with Gasteiger partial charge in [0.25, 0.3) is 0 Å². The molecule has 1 atom stereocenters. The first-order valence-electron chi connectivity index (χ1n) is 9.00. The van der Waals surface area contributed by atoms with Gasteiger partial charge < -0.3 is 14.0 Å². The zero-order valence-electron chi connectivity index (χ0n) is 15.6. The van der Waals surface area contributed by atoms with Gasteiger partial charge in [-0.05, 0) is 35.7 Å². The molecule has 3 aromatic rings. The molecule has 0 spiro atoms. The lowest BCUT2D eigenvalue weighted by molar-refractivity contribution is -0.161. The molecule has 5 nitrogen and oxygen atoms in total. The van der Waals surface area contributed by atoms with Crippen molar-refractivity contribution >= 4 is 22.8 Å². The Kier molecular flexibility index (Phi) is 4.41. The molecule has 0 saturated heterocycles. The second-order valence-electron chi connectivity index (χ2n) is 7.07. The number of rotatable bonds is 5. The van der Waals surface area contributed by atoms with Gasteiger partial charge in [-0.2, -0.15) is 0 Å². The number of methoxy groups -OCH3 is 2. The maximum Gasteiger partial charge on any atom is 0.323 e. The standard InChI is InChI=1S/C22H20FNO4/c1-27-20(25)22(21(26)28-2)11-18(22)17-13-24(12-14-6-4-3-5-7-14)19-9-8-15(23)10-16(17)19/h3-10,13,18H,11-12H2,1-2H3. The first kappa shape index (κ1) is 18.2. The number of benzene rings is 2. The van der Waals surface area contributed by atoms with E-state index in [-0.39, 0.29) is 12.2 Å². The highest BCUT2D eigenvalue weighted by atomic mass is 19.1. The monoisotopic (exact) mass is 381 g/mol. The van der Waals surface area contributed by atoms with Crippen LogP contribution in [0.25, 0.3) is 10.9 Å². The van der Waals surface area contributed by atoms with Gasteiger partial charge in [0.1, 0.15) is 5.82 Å². The minimum Gasteiger partial charge on any atom is -0.468 e. The van der Waals surface area contributed by atoms with Crippen LogP contribution in [-0.4, -0.2) is 30.7 Å². The average molecular weight is 381 g/mol. The fourth-order valence-corrected chi connectivity index (χ4v) is 4.02. The largest absolute Gasteiger partial charge is 0.468 e. The molecule has 4 rings (SSSR count). The zero-order chi connectivity index (χ0) is 19.9. The predicted octanol–water partition coefficient (Wildman–Crippen LogP) is 3.65. The molecule has 0 aliphatic heterocycles. The number of nitrogens with zero attached hydrogens (tertiary/aromatic N) is 1. The van der Waals surface area contributed by atoms with Crippen LogP contribution < -0.4 is 0 Å². The molecule has 0 N–H and O–H groups in total. The number of hydrogen-bond acceptors (Lipinski definition) is 4. The molecular formula is C22H20FNO4. The minimum absolute atomic E-state index is 0.285. The van der Waals surface area contributed by atoms with Gasteiger partial charge in [0.05, 0.1) is 14.2 Å². The smallest absolute Gasteiger partial charge is 0.323 e. The van der Waals surface area contributed by atoms with Gasteiger partial charge in [-0.25, -0.2) is 4.39 Å². The Hall–Kier alpha value is -3.15. The lowest BCUT2D eigenvalue weighted by Crippen LogP contribution is -2.30. The second kappa shape index (κ2) is 6.78. The van der Waals surface area contributed by atoms with Gasteiger partial charge in [-0.15, -0.1) is 0 Å². The molecule has 6 heteroatoms. The zero-order valence-corrected chi connectivity index (χ0v) is 15.6. The molecule has 1 saturated carbocycles. The summed E-state index contributed by atoms with van der Waals surface area (Å²) >= 11 is 0. The van der Waals surface area contributed by atoms with Crippen molar-refractivity contribution in [1.29, 1.82) is 0 Å². The summed E-state index contributed by atoms with van der Waals surface area (Å²) in [5.74, 6) is -2.02. The van der Waals surface area contributed by atoms with E-state index in [1.54, 1.807) is 6.07 Å². The first-order chi connectivity index (χ1) is 13.5. The average Bonchev–Trinajstić information content (AvgIpc) is 3.38. The van der Waals surface area contributed by atoms with E-state index in [0.29, 0.717) is 11.9 Å². The topological polar surface area (TPSA) is 57.5 Å². The summed E-state index contributed by atoms with van der Waals surface area (Å²) in [6.45, 7) is 0.596. The van der Waals surface area contributed by atoms with Crippen molar-refractivity contribution in [3.8, 4) is 0 Å². The van der Waals surface area contributed by atoms with Gasteiger partial charge in [-0.1, -0.05) is 30.3 Å². The van der Waals surface area contributed by atoms with Crippen molar-refractivity contribution in [3.05, 3.63) is 71.7 Å². The normalized spacial score (nSPS) is 17.3. The summed E-state index contributed by atoms with van der Waals surface area (Å²) in [7, 11) is 2.50. The fourth-order valence-electron chi connectivity index (χ4n) is 4.02. The van der Waals surface area contributed by atoms with Gasteiger partial charge in [-0.3, -0.25) is 9.59 Å². The molecule has 144 valence electrons. The van der Waals surface area contributed by atoms with Crippen LogP contribution in [0.5, 0.6) is 0 Å². The van der Waals surface area contributed by atoms with Crippen molar-refractivity contribution in [2.24, 2.45) is 5.41 Å². The molecule has 0 amide bonds. The minimum atomic E-state index is -1.36. The summed E-state index contributed by atoms with van der Waals surface area (Å²) in [5, 5.41) is 0.690. The number of carbonyl (C=O) groups excluding carboxylic acids is 2. The number of aromatic nitrogens is 1.